The average Bonchev–Trinajstić information content (AvgIpc) is 2.70. The van der Waals surface area contributed by atoms with Crippen LogP contribution < -0.4 is 16.8 Å². The van der Waals surface area contributed by atoms with E-state index >= 15 is 0 Å². The van der Waals surface area contributed by atoms with Gasteiger partial charge in [0.1, 0.15) is 6.10 Å². The Morgan fingerprint density at radius 1 is 1.58 bits per heavy atom. The van der Waals surface area contributed by atoms with Gasteiger partial charge in [-0.05, 0) is 17.7 Å². The highest BCUT2D eigenvalue weighted by molar-refractivity contribution is 5.81. The number of benzene rings is 1. The molecule has 1 atom stereocenters. The van der Waals surface area contributed by atoms with Crippen molar-refractivity contribution in [2.24, 2.45) is 12.8 Å². The molecule has 7 nitrogen and oxygen atoms in total. The van der Waals surface area contributed by atoms with Crippen LogP contribution in [0.5, 0.6) is 0 Å². The Morgan fingerprint density at radius 3 is 3.00 bits per heavy atom. The molecule has 1 unspecified atom stereocenters. The number of hydrogen-bond donors (Lipinski definition) is 3. The summed E-state index contributed by atoms with van der Waals surface area (Å²) in [6.45, 7) is 0.100. The second-order valence-corrected chi connectivity index (χ2v) is 4.20. The smallest absolute Gasteiger partial charge is 0.408 e. The molecule has 0 aliphatic rings. The van der Waals surface area contributed by atoms with Gasteiger partial charge >= 0.3 is 5.76 Å². The van der Waals surface area contributed by atoms with Gasteiger partial charge in [0.15, 0.2) is 5.58 Å². The quantitative estimate of drug-likeness (QED) is 0.661. The normalized spacial score (nSPS) is 12.6. The molecule has 102 valence electrons. The van der Waals surface area contributed by atoms with E-state index in [0.717, 1.165) is 5.56 Å². The molecule has 0 saturated carbocycles. The molecule has 2 rings (SSSR count). The van der Waals surface area contributed by atoms with Crippen LogP contribution in [0.2, 0.25) is 0 Å². The van der Waals surface area contributed by atoms with Crippen LogP contribution in [0, 0.1) is 0 Å². The minimum absolute atomic E-state index is 0.127. The summed E-state index contributed by atoms with van der Waals surface area (Å²) in [4.78, 5) is 22.7. The number of aliphatic hydroxyl groups excluding tert-OH is 1. The number of carbonyl (C=O) groups is 1. The summed E-state index contributed by atoms with van der Waals surface area (Å²) in [6.07, 6.45) is -1.21. The first-order chi connectivity index (χ1) is 9.02. The lowest BCUT2D eigenvalue weighted by Gasteiger charge is -2.09. The number of nitrogens with two attached hydrogens (primary N) is 1. The number of oxazole rings is 1. The van der Waals surface area contributed by atoms with Gasteiger partial charge in [-0.2, -0.15) is 0 Å². The fourth-order valence-corrected chi connectivity index (χ4v) is 1.70. The number of rotatable bonds is 4. The summed E-state index contributed by atoms with van der Waals surface area (Å²) >= 11 is 0. The lowest BCUT2D eigenvalue weighted by Crippen LogP contribution is -2.38. The molecule has 1 amide bonds. The van der Waals surface area contributed by atoms with E-state index in [1.54, 1.807) is 25.2 Å². The third kappa shape index (κ3) is 2.67. The van der Waals surface area contributed by atoms with Gasteiger partial charge in [-0.25, -0.2) is 4.79 Å². The SMILES string of the molecule is Cn1c(=O)oc2cc(CNC(=O)C(O)CN)ccc21. The van der Waals surface area contributed by atoms with Gasteiger partial charge in [0.2, 0.25) is 5.91 Å². The number of hydrogen-bond acceptors (Lipinski definition) is 5. The number of amides is 1. The summed E-state index contributed by atoms with van der Waals surface area (Å²) in [7, 11) is 1.62. The number of fused-ring (bicyclic) bond motifs is 1. The Balaban J connectivity index is 2.14. The molecular weight excluding hydrogens is 250 g/mol. The van der Waals surface area contributed by atoms with Gasteiger partial charge in [-0.1, -0.05) is 6.07 Å². The third-order valence-corrected chi connectivity index (χ3v) is 2.85. The highest BCUT2D eigenvalue weighted by atomic mass is 16.4. The maximum absolute atomic E-state index is 11.4. The molecule has 1 aromatic heterocycles. The van der Waals surface area contributed by atoms with E-state index in [-0.39, 0.29) is 13.1 Å². The number of aryl methyl sites for hydroxylation is 1. The fraction of sp³-hybridized carbons (Fsp3) is 0.333. The van der Waals surface area contributed by atoms with Crippen LogP contribution in [0.25, 0.3) is 11.1 Å². The van der Waals surface area contributed by atoms with Crippen molar-refractivity contribution in [3.63, 3.8) is 0 Å². The lowest BCUT2D eigenvalue weighted by atomic mass is 10.2. The van der Waals surface area contributed by atoms with Crippen LogP contribution in [-0.2, 0) is 18.4 Å². The minimum Gasteiger partial charge on any atom is -0.408 e. The molecule has 0 bridgehead atoms. The minimum atomic E-state index is -1.21. The van der Waals surface area contributed by atoms with Crippen LogP contribution >= 0.6 is 0 Å². The summed E-state index contributed by atoms with van der Waals surface area (Å²) in [5.74, 6) is -0.966. The van der Waals surface area contributed by atoms with Crippen LogP contribution in [0.4, 0.5) is 0 Å². The topological polar surface area (TPSA) is 110 Å². The molecule has 0 fully saturated rings. The molecule has 1 heterocycles. The standard InChI is InChI=1S/C12H15N3O4/c1-15-8-3-2-7(4-10(8)19-12(15)18)6-14-11(17)9(16)5-13/h2-4,9,16H,5-6,13H2,1H3,(H,14,17). The Hall–Kier alpha value is -2.12. The van der Waals surface area contributed by atoms with Crippen LogP contribution in [-0.4, -0.2) is 28.2 Å². The molecule has 7 heteroatoms. The van der Waals surface area contributed by atoms with E-state index in [9.17, 15) is 14.7 Å². The highest BCUT2D eigenvalue weighted by Crippen LogP contribution is 2.14. The Labute approximate surface area is 108 Å². The van der Waals surface area contributed by atoms with E-state index in [1.807, 2.05) is 0 Å². The molecule has 4 N–H and O–H groups in total. The molecule has 2 aromatic rings. The van der Waals surface area contributed by atoms with Crippen molar-refractivity contribution < 1.29 is 14.3 Å². The lowest BCUT2D eigenvalue weighted by molar-refractivity contribution is -0.128. The monoisotopic (exact) mass is 265 g/mol. The predicted octanol–water partition coefficient (Wildman–Crippen LogP) is -0.933. The van der Waals surface area contributed by atoms with Crippen molar-refractivity contribution in [2.75, 3.05) is 6.54 Å². The Morgan fingerprint density at radius 2 is 2.32 bits per heavy atom. The molecule has 0 saturated heterocycles. The fourth-order valence-electron chi connectivity index (χ4n) is 1.70. The first-order valence-corrected chi connectivity index (χ1v) is 5.77. The molecule has 19 heavy (non-hydrogen) atoms. The van der Waals surface area contributed by atoms with E-state index in [1.165, 1.54) is 4.57 Å². The van der Waals surface area contributed by atoms with Crippen molar-refractivity contribution in [2.45, 2.75) is 12.6 Å². The number of nitrogens with one attached hydrogen (secondary N) is 1. The van der Waals surface area contributed by atoms with Crippen LogP contribution in [0.1, 0.15) is 5.56 Å². The summed E-state index contributed by atoms with van der Waals surface area (Å²) in [5.41, 5.74) is 7.08. The van der Waals surface area contributed by atoms with Crippen LogP contribution in [0.3, 0.4) is 0 Å². The zero-order valence-corrected chi connectivity index (χ0v) is 10.4. The van der Waals surface area contributed by atoms with Gasteiger partial charge in [0, 0.05) is 20.1 Å². The maximum Gasteiger partial charge on any atom is 0.419 e. The average molecular weight is 265 g/mol. The van der Waals surface area contributed by atoms with Gasteiger partial charge in [-0.15, -0.1) is 0 Å². The second kappa shape index (κ2) is 5.25. The predicted molar refractivity (Wildman–Crippen MR) is 68.4 cm³/mol. The van der Waals surface area contributed by atoms with Gasteiger partial charge in [-0.3, -0.25) is 9.36 Å². The molecular formula is C12H15N3O4. The van der Waals surface area contributed by atoms with E-state index < -0.39 is 17.8 Å². The van der Waals surface area contributed by atoms with Gasteiger partial charge < -0.3 is 20.6 Å². The maximum atomic E-state index is 11.4. The van der Waals surface area contributed by atoms with Crippen LogP contribution in [0.15, 0.2) is 27.4 Å². The molecule has 0 aliphatic carbocycles. The molecule has 1 aromatic carbocycles. The van der Waals surface area contributed by atoms with Crippen molar-refractivity contribution in [3.8, 4) is 0 Å². The number of aliphatic hydroxyl groups is 1. The highest BCUT2D eigenvalue weighted by Gasteiger charge is 2.12. The van der Waals surface area contributed by atoms with Crippen molar-refractivity contribution in [1.29, 1.82) is 0 Å². The third-order valence-electron chi connectivity index (χ3n) is 2.85. The van der Waals surface area contributed by atoms with E-state index in [0.29, 0.717) is 11.1 Å². The number of carbonyl (C=O) groups excluding carboxylic acids is 1. The molecule has 0 aliphatic heterocycles. The zero-order chi connectivity index (χ0) is 14.0. The largest absolute Gasteiger partial charge is 0.419 e. The summed E-state index contributed by atoms with van der Waals surface area (Å²) in [5, 5.41) is 11.8. The van der Waals surface area contributed by atoms with Crippen molar-refractivity contribution in [3.05, 3.63) is 34.3 Å². The second-order valence-electron chi connectivity index (χ2n) is 4.20. The number of nitrogens with zero attached hydrogens (tertiary/aromatic N) is 1. The van der Waals surface area contributed by atoms with E-state index in [2.05, 4.69) is 5.32 Å². The van der Waals surface area contributed by atoms with Gasteiger partial charge in [0.25, 0.3) is 0 Å². The zero-order valence-electron chi connectivity index (χ0n) is 10.4. The Bertz CT molecular complexity index is 659. The summed E-state index contributed by atoms with van der Waals surface area (Å²) in [6, 6.07) is 5.18. The molecule has 0 spiro atoms. The Kier molecular flexibility index (Phi) is 3.68. The van der Waals surface area contributed by atoms with Crippen molar-refractivity contribution >= 4 is 17.0 Å². The summed E-state index contributed by atoms with van der Waals surface area (Å²) < 4.78 is 6.44. The van der Waals surface area contributed by atoms with Crippen molar-refractivity contribution in [1.82, 2.24) is 9.88 Å². The van der Waals surface area contributed by atoms with E-state index in [4.69, 9.17) is 10.2 Å². The first kappa shape index (κ1) is 13.3. The number of aromatic nitrogens is 1. The van der Waals surface area contributed by atoms with Gasteiger partial charge in [0.05, 0.1) is 5.52 Å². The first-order valence-electron chi connectivity index (χ1n) is 5.77. The molecule has 0 radical (unpaired) electrons.